The Kier molecular flexibility index (Phi) is 3.73. The predicted molar refractivity (Wildman–Crippen MR) is 86.2 cm³/mol. The Bertz CT molecular complexity index is 885. The number of carbonyl (C=O) groups excluding carboxylic acids is 2. The lowest BCUT2D eigenvalue weighted by atomic mass is 10.1. The maximum atomic E-state index is 13.2. The van der Waals surface area contributed by atoms with E-state index in [4.69, 9.17) is 0 Å². The van der Waals surface area contributed by atoms with Gasteiger partial charge in [0.15, 0.2) is 5.78 Å². The summed E-state index contributed by atoms with van der Waals surface area (Å²) in [6.45, 7) is 1.47. The van der Waals surface area contributed by atoms with Crippen LogP contribution in [0.15, 0.2) is 48.5 Å². The smallest absolute Gasteiger partial charge is 0.265 e. The molecule has 3 aromatic rings. The number of hydrogen-bond acceptors (Lipinski definition) is 3. The minimum absolute atomic E-state index is 0.0616. The summed E-state index contributed by atoms with van der Waals surface area (Å²) >= 11 is 1.30. The van der Waals surface area contributed by atoms with Crippen LogP contribution in [0.2, 0.25) is 0 Å². The average Bonchev–Trinajstić information content (AvgIpc) is 2.90. The number of ketones is 1. The van der Waals surface area contributed by atoms with Gasteiger partial charge in [0.25, 0.3) is 5.91 Å². The second-order valence-corrected chi connectivity index (χ2v) is 5.97. The molecule has 0 atom stereocenters. The van der Waals surface area contributed by atoms with Crippen LogP contribution in [-0.4, -0.2) is 11.7 Å². The predicted octanol–water partition coefficient (Wildman–Crippen LogP) is 4.50. The van der Waals surface area contributed by atoms with E-state index in [2.05, 4.69) is 5.32 Å². The molecule has 22 heavy (non-hydrogen) atoms. The summed E-state index contributed by atoms with van der Waals surface area (Å²) in [5.74, 6) is -0.665. The standard InChI is InChI=1S/C17H12FNO2S/c1-10(20)11-3-2-4-14(8-11)19-17(21)16-9-12-7-13(18)5-6-15(12)22-16/h2-9H,1H3,(H,19,21). The summed E-state index contributed by atoms with van der Waals surface area (Å²) in [4.78, 5) is 24.1. The summed E-state index contributed by atoms with van der Waals surface area (Å²) < 4.78 is 14.0. The maximum absolute atomic E-state index is 13.2. The Morgan fingerprint density at radius 1 is 1.09 bits per heavy atom. The molecule has 1 N–H and O–H groups in total. The molecule has 3 rings (SSSR count). The van der Waals surface area contributed by atoms with Crippen molar-refractivity contribution >= 4 is 38.8 Å². The zero-order chi connectivity index (χ0) is 15.7. The van der Waals surface area contributed by atoms with Crippen molar-refractivity contribution in [2.45, 2.75) is 6.92 Å². The Labute approximate surface area is 130 Å². The van der Waals surface area contributed by atoms with Gasteiger partial charge < -0.3 is 5.32 Å². The van der Waals surface area contributed by atoms with Crippen molar-refractivity contribution in [3.63, 3.8) is 0 Å². The molecule has 0 radical (unpaired) electrons. The monoisotopic (exact) mass is 313 g/mol. The quantitative estimate of drug-likeness (QED) is 0.724. The highest BCUT2D eigenvalue weighted by molar-refractivity contribution is 7.20. The molecule has 0 aliphatic heterocycles. The van der Waals surface area contributed by atoms with Crippen molar-refractivity contribution in [2.75, 3.05) is 5.32 Å². The summed E-state index contributed by atoms with van der Waals surface area (Å²) in [5.41, 5.74) is 1.09. The number of rotatable bonds is 3. The van der Waals surface area contributed by atoms with Gasteiger partial charge >= 0.3 is 0 Å². The molecule has 0 saturated heterocycles. The molecular formula is C17H12FNO2S. The lowest BCUT2D eigenvalue weighted by Crippen LogP contribution is -2.10. The van der Waals surface area contributed by atoms with Gasteiger partial charge in [-0.3, -0.25) is 9.59 Å². The molecule has 110 valence electrons. The molecular weight excluding hydrogens is 301 g/mol. The Morgan fingerprint density at radius 3 is 2.68 bits per heavy atom. The largest absolute Gasteiger partial charge is 0.321 e. The molecule has 1 heterocycles. The van der Waals surface area contributed by atoms with Gasteiger partial charge in [-0.1, -0.05) is 12.1 Å². The van der Waals surface area contributed by atoms with E-state index >= 15 is 0 Å². The highest BCUT2D eigenvalue weighted by atomic mass is 32.1. The van der Waals surface area contributed by atoms with E-state index in [9.17, 15) is 14.0 Å². The van der Waals surface area contributed by atoms with Crippen molar-refractivity contribution in [1.82, 2.24) is 0 Å². The number of anilines is 1. The fraction of sp³-hybridized carbons (Fsp3) is 0.0588. The average molecular weight is 313 g/mol. The summed E-state index contributed by atoms with van der Waals surface area (Å²) in [7, 11) is 0. The van der Waals surface area contributed by atoms with Crippen LogP contribution in [0.1, 0.15) is 27.0 Å². The van der Waals surface area contributed by atoms with E-state index in [0.717, 1.165) is 4.70 Å². The van der Waals surface area contributed by atoms with Crippen LogP contribution in [0, 0.1) is 5.82 Å². The van der Waals surface area contributed by atoms with Gasteiger partial charge in [-0.2, -0.15) is 0 Å². The second-order valence-electron chi connectivity index (χ2n) is 4.88. The summed E-state index contributed by atoms with van der Waals surface area (Å²) in [6.07, 6.45) is 0. The van der Waals surface area contributed by atoms with Crippen molar-refractivity contribution in [3.05, 3.63) is 64.8 Å². The zero-order valence-electron chi connectivity index (χ0n) is 11.7. The van der Waals surface area contributed by atoms with Crippen LogP contribution in [-0.2, 0) is 0 Å². The van der Waals surface area contributed by atoms with Crippen LogP contribution in [0.4, 0.5) is 10.1 Å². The van der Waals surface area contributed by atoms with Crippen LogP contribution < -0.4 is 5.32 Å². The van der Waals surface area contributed by atoms with E-state index in [1.165, 1.54) is 30.4 Å². The number of carbonyl (C=O) groups is 2. The highest BCUT2D eigenvalue weighted by Crippen LogP contribution is 2.27. The first-order valence-electron chi connectivity index (χ1n) is 6.64. The molecule has 2 aromatic carbocycles. The van der Waals surface area contributed by atoms with Gasteiger partial charge in [-0.15, -0.1) is 11.3 Å². The SMILES string of the molecule is CC(=O)c1cccc(NC(=O)c2cc3cc(F)ccc3s2)c1. The number of halogens is 1. The van der Waals surface area contributed by atoms with Crippen LogP contribution >= 0.6 is 11.3 Å². The van der Waals surface area contributed by atoms with Gasteiger partial charge in [0.1, 0.15) is 5.82 Å². The van der Waals surface area contributed by atoms with Crippen molar-refractivity contribution in [2.24, 2.45) is 0 Å². The van der Waals surface area contributed by atoms with Gasteiger partial charge in [0, 0.05) is 16.0 Å². The zero-order valence-corrected chi connectivity index (χ0v) is 12.5. The minimum Gasteiger partial charge on any atom is -0.321 e. The van der Waals surface area contributed by atoms with Crippen molar-refractivity contribution in [1.29, 1.82) is 0 Å². The van der Waals surface area contributed by atoms with Crippen LogP contribution in [0.5, 0.6) is 0 Å². The Balaban J connectivity index is 1.86. The van der Waals surface area contributed by atoms with Crippen LogP contribution in [0.3, 0.4) is 0 Å². The lowest BCUT2D eigenvalue weighted by molar-refractivity contribution is 0.101. The number of hydrogen-bond donors (Lipinski definition) is 1. The molecule has 1 aromatic heterocycles. The molecule has 3 nitrogen and oxygen atoms in total. The molecule has 0 spiro atoms. The summed E-state index contributed by atoms with van der Waals surface area (Å²) in [6, 6.07) is 12.9. The number of Topliss-reactive ketones (excluding diaryl/α,β-unsaturated/α-hetero) is 1. The van der Waals surface area contributed by atoms with E-state index in [-0.39, 0.29) is 17.5 Å². The summed E-state index contributed by atoms with van der Waals surface area (Å²) in [5, 5.41) is 3.46. The van der Waals surface area contributed by atoms with Gasteiger partial charge in [0.2, 0.25) is 0 Å². The number of nitrogens with one attached hydrogen (secondary N) is 1. The van der Waals surface area contributed by atoms with E-state index in [1.807, 2.05) is 0 Å². The van der Waals surface area contributed by atoms with Crippen LogP contribution in [0.25, 0.3) is 10.1 Å². The van der Waals surface area contributed by atoms with Gasteiger partial charge in [0.05, 0.1) is 4.88 Å². The van der Waals surface area contributed by atoms with Crippen molar-refractivity contribution in [3.8, 4) is 0 Å². The van der Waals surface area contributed by atoms with E-state index in [1.54, 1.807) is 36.4 Å². The van der Waals surface area contributed by atoms with Gasteiger partial charge in [-0.05, 0) is 48.7 Å². The number of benzene rings is 2. The maximum Gasteiger partial charge on any atom is 0.265 e. The molecule has 0 fully saturated rings. The molecule has 0 saturated carbocycles. The highest BCUT2D eigenvalue weighted by Gasteiger charge is 2.11. The Hall–Kier alpha value is -2.53. The fourth-order valence-electron chi connectivity index (χ4n) is 2.13. The number of amides is 1. The lowest BCUT2D eigenvalue weighted by Gasteiger charge is -2.04. The first-order valence-corrected chi connectivity index (χ1v) is 7.46. The van der Waals surface area contributed by atoms with E-state index < -0.39 is 0 Å². The number of thiophene rings is 1. The topological polar surface area (TPSA) is 46.2 Å². The molecule has 0 bridgehead atoms. The van der Waals surface area contributed by atoms with Crippen molar-refractivity contribution < 1.29 is 14.0 Å². The molecule has 5 heteroatoms. The minimum atomic E-state index is -0.327. The molecule has 0 aliphatic rings. The first-order chi connectivity index (χ1) is 10.5. The third-order valence-electron chi connectivity index (χ3n) is 3.23. The Morgan fingerprint density at radius 2 is 1.91 bits per heavy atom. The fourth-order valence-corrected chi connectivity index (χ4v) is 3.07. The third kappa shape index (κ3) is 2.89. The molecule has 1 amide bonds. The molecule has 0 aliphatic carbocycles. The third-order valence-corrected chi connectivity index (χ3v) is 4.34. The number of fused-ring (bicyclic) bond motifs is 1. The second kappa shape index (κ2) is 5.69. The van der Waals surface area contributed by atoms with E-state index in [0.29, 0.717) is 21.5 Å². The first kappa shape index (κ1) is 14.4. The van der Waals surface area contributed by atoms with Gasteiger partial charge in [-0.25, -0.2) is 4.39 Å². The normalized spacial score (nSPS) is 10.6. The molecule has 0 unspecified atom stereocenters.